The molecule has 410 valence electrons. The van der Waals surface area contributed by atoms with Gasteiger partial charge in [-0.1, -0.05) is 158 Å². The van der Waals surface area contributed by atoms with Gasteiger partial charge >= 0.3 is 5.97 Å². The van der Waals surface area contributed by atoms with Crippen LogP contribution in [-0.2, 0) is 20.7 Å². The lowest BCUT2D eigenvalue weighted by Crippen LogP contribution is -2.36. The third kappa shape index (κ3) is 34.3. The first-order chi connectivity index (χ1) is 34.0. The van der Waals surface area contributed by atoms with Gasteiger partial charge in [0, 0.05) is 18.4 Å². The van der Waals surface area contributed by atoms with E-state index in [4.69, 9.17) is 14.2 Å². The van der Waals surface area contributed by atoms with Crippen LogP contribution in [0.3, 0.4) is 0 Å². The summed E-state index contributed by atoms with van der Waals surface area (Å²) in [5.41, 5.74) is 8.06. The van der Waals surface area contributed by atoms with Gasteiger partial charge in [0.2, 0.25) is 0 Å². The summed E-state index contributed by atoms with van der Waals surface area (Å²) in [6.07, 6.45) is 48.2. The molecule has 0 aromatic heterocycles. The van der Waals surface area contributed by atoms with Crippen molar-refractivity contribution in [2.75, 3.05) is 34.8 Å². The first-order valence-electron chi connectivity index (χ1n) is 29.7. The van der Waals surface area contributed by atoms with E-state index < -0.39 is 0 Å². The van der Waals surface area contributed by atoms with Crippen LogP contribution in [0.5, 0.6) is 11.5 Å². The summed E-state index contributed by atoms with van der Waals surface area (Å²) >= 11 is 0. The summed E-state index contributed by atoms with van der Waals surface area (Å²) in [5, 5.41) is 0. The van der Waals surface area contributed by atoms with Gasteiger partial charge in [-0.05, 0) is 168 Å². The number of ether oxygens (including phenoxy) is 3. The quantitative estimate of drug-likeness (QED) is 0.0215. The highest BCUT2D eigenvalue weighted by Crippen LogP contribution is 2.42. The number of carbonyl (C=O) groups is 2. The van der Waals surface area contributed by atoms with Crippen LogP contribution in [0.2, 0.25) is 0 Å². The van der Waals surface area contributed by atoms with Crippen LogP contribution >= 0.6 is 0 Å². The van der Waals surface area contributed by atoms with Crippen LogP contribution in [0.25, 0.3) is 0 Å². The number of fused-ring (bicyclic) bond motifs is 1. The number of hydrogen-bond acceptors (Lipinski definition) is 5. The number of benzene rings is 1. The van der Waals surface area contributed by atoms with E-state index in [-0.39, 0.29) is 17.7 Å². The molecule has 1 aliphatic rings. The fourth-order valence-corrected chi connectivity index (χ4v) is 10.1. The molecule has 6 nitrogen and oxygen atoms in total. The van der Waals surface area contributed by atoms with Crippen LogP contribution in [0, 0.1) is 19.8 Å². The molecule has 1 heterocycles. The van der Waals surface area contributed by atoms with E-state index in [1.54, 1.807) is 7.11 Å². The number of nitrogens with zero attached hydrogens (tertiary/aromatic N) is 1. The summed E-state index contributed by atoms with van der Waals surface area (Å²) in [6, 6.07) is 2.11. The van der Waals surface area contributed by atoms with E-state index in [2.05, 4.69) is 108 Å². The van der Waals surface area contributed by atoms with Crippen molar-refractivity contribution < 1.29 is 28.3 Å². The molecule has 0 N–H and O–H groups in total. The molecule has 0 spiro atoms. The van der Waals surface area contributed by atoms with Crippen molar-refractivity contribution in [3.05, 3.63) is 57.7 Å². The largest absolute Gasteiger partial charge is 0.496 e. The molecule has 6 heteroatoms. The second-order valence-electron chi connectivity index (χ2n) is 23.5. The van der Waals surface area contributed by atoms with Gasteiger partial charge in [-0.15, -0.1) is 0 Å². The second kappa shape index (κ2) is 40.5. The number of aryl methyl sites for hydroxylation is 1. The van der Waals surface area contributed by atoms with Crippen molar-refractivity contribution >= 4 is 12.3 Å². The molecule has 0 saturated heterocycles. The Morgan fingerprint density at radius 2 is 1.20 bits per heavy atom. The molecule has 71 heavy (non-hydrogen) atoms. The van der Waals surface area contributed by atoms with Crippen molar-refractivity contribution in [1.29, 1.82) is 0 Å². The highest BCUT2D eigenvalue weighted by molar-refractivity contribution is 5.69. The molecule has 1 aromatic rings. The number of methoxy groups -OCH3 is 1. The Bertz CT molecular complexity index is 1610. The van der Waals surface area contributed by atoms with E-state index in [1.165, 1.54) is 168 Å². The molecule has 2 unspecified atom stereocenters. The molecule has 0 aliphatic carbocycles. The lowest BCUT2D eigenvalue weighted by molar-refractivity contribution is -0.871. The number of allylic oxidation sites excluding steroid dienone is 6. The average molecular weight is 992 g/mol. The SMILES string of the molecule is CCCCCCCCC(CCCCCCCC)OC(=O)CCCCCCC(CCCCCC=O)CC[N+](C)(C)C.COc1cc(C)c2c(c1C)CCC(C)(CC/C=C(\C)CC/C=C(\C)CCC=C(C)C)O2. The highest BCUT2D eigenvalue weighted by atomic mass is 16.5. The zero-order valence-corrected chi connectivity index (χ0v) is 49.3. The van der Waals surface area contributed by atoms with E-state index in [1.807, 2.05) is 0 Å². The molecule has 0 radical (unpaired) electrons. The average Bonchev–Trinajstić information content (AvgIpc) is 3.31. The molecular formula is C65H116NO5+. The summed E-state index contributed by atoms with van der Waals surface area (Å²) in [4.78, 5) is 23.2. The van der Waals surface area contributed by atoms with Crippen LogP contribution < -0.4 is 9.47 Å². The molecule has 0 saturated carbocycles. The Hall–Kier alpha value is -2.86. The van der Waals surface area contributed by atoms with Gasteiger partial charge < -0.3 is 23.5 Å². The predicted molar refractivity (Wildman–Crippen MR) is 308 cm³/mol. The van der Waals surface area contributed by atoms with Gasteiger partial charge in [-0.25, -0.2) is 0 Å². The third-order valence-electron chi connectivity index (χ3n) is 15.0. The van der Waals surface area contributed by atoms with Crippen molar-refractivity contribution in [1.82, 2.24) is 0 Å². The normalized spacial score (nSPS) is 15.4. The predicted octanol–water partition coefficient (Wildman–Crippen LogP) is 19.2. The van der Waals surface area contributed by atoms with Crippen LogP contribution in [0.1, 0.15) is 277 Å². The van der Waals surface area contributed by atoms with E-state index in [9.17, 15) is 9.59 Å². The third-order valence-corrected chi connectivity index (χ3v) is 15.0. The summed E-state index contributed by atoms with van der Waals surface area (Å²) in [7, 11) is 8.60. The minimum atomic E-state index is -0.0863. The van der Waals surface area contributed by atoms with E-state index in [0.29, 0.717) is 12.8 Å². The summed E-state index contributed by atoms with van der Waals surface area (Å²) in [5.74, 6) is 2.89. The molecule has 1 aromatic carbocycles. The van der Waals surface area contributed by atoms with Crippen LogP contribution in [0.15, 0.2) is 41.0 Å². The molecule has 0 bridgehead atoms. The number of unbranched alkanes of at least 4 members (excludes halogenated alkanes) is 16. The number of hydrogen-bond donors (Lipinski definition) is 0. The van der Waals surface area contributed by atoms with Crippen LogP contribution in [0.4, 0.5) is 0 Å². The van der Waals surface area contributed by atoms with Gasteiger partial charge in [0.15, 0.2) is 0 Å². The molecular weight excluding hydrogens is 875 g/mol. The molecule has 0 fully saturated rings. The molecule has 1 aliphatic heterocycles. The maximum atomic E-state index is 12.7. The molecule has 0 amide bonds. The molecule has 2 atom stereocenters. The Balaban J connectivity index is 0.000000731. The Kier molecular flexibility index (Phi) is 37.8. The zero-order valence-electron chi connectivity index (χ0n) is 49.3. The first kappa shape index (κ1) is 66.2. The maximum absolute atomic E-state index is 12.7. The van der Waals surface area contributed by atoms with Crippen LogP contribution in [-0.4, -0.2) is 63.2 Å². The Labute approximate surface area is 441 Å². The number of quaternary nitrogens is 1. The fourth-order valence-electron chi connectivity index (χ4n) is 10.1. The zero-order chi connectivity index (χ0) is 52.8. The summed E-state index contributed by atoms with van der Waals surface area (Å²) < 4.78 is 19.2. The van der Waals surface area contributed by atoms with Gasteiger partial charge in [0.05, 0.1) is 34.8 Å². The number of esters is 1. The van der Waals surface area contributed by atoms with Crippen molar-refractivity contribution in [2.24, 2.45) is 5.92 Å². The second-order valence-corrected chi connectivity index (χ2v) is 23.5. The van der Waals surface area contributed by atoms with Crippen molar-refractivity contribution in [3.8, 4) is 11.5 Å². The maximum Gasteiger partial charge on any atom is 0.306 e. The number of rotatable bonds is 41. The summed E-state index contributed by atoms with van der Waals surface area (Å²) in [6.45, 7) is 21.2. The Morgan fingerprint density at radius 1 is 0.676 bits per heavy atom. The van der Waals surface area contributed by atoms with Gasteiger partial charge in [0.1, 0.15) is 29.5 Å². The number of aldehydes is 1. The number of carbonyl (C=O) groups excluding carboxylic acids is 2. The highest BCUT2D eigenvalue weighted by Gasteiger charge is 2.33. The first-order valence-corrected chi connectivity index (χ1v) is 29.7. The monoisotopic (exact) mass is 991 g/mol. The topological polar surface area (TPSA) is 61.8 Å². The standard InChI is InChI=1S/C36H72NO3.C29H44O2/c1-6-8-10-12-14-22-28-35(29-23-15-13-11-9-7-2)40-36(39)30-24-17-16-20-26-34(31-32-37(3,4)5)27-21-18-19-25-33-38;1-21(2)12-9-13-22(3)14-10-15-23(4)16-11-18-29(7)19-17-26-25(6)27(30-8)20-24(5)28(26)31-29/h33-35H,6-32H2,1-5H3;12,14,16,20H,9-11,13,15,17-19H2,1-8H3/q+1;/b;22-14+,23-16+. The fraction of sp³-hybridized carbons (Fsp3) is 0.785. The smallest absolute Gasteiger partial charge is 0.306 e. The lowest BCUT2D eigenvalue weighted by Gasteiger charge is -2.37. The Morgan fingerprint density at radius 3 is 1.75 bits per heavy atom. The minimum absolute atomic E-state index is 0.0399. The van der Waals surface area contributed by atoms with Crippen molar-refractivity contribution in [2.45, 2.75) is 292 Å². The van der Waals surface area contributed by atoms with E-state index in [0.717, 1.165) is 105 Å². The lowest BCUT2D eigenvalue weighted by atomic mass is 9.86. The van der Waals surface area contributed by atoms with Crippen molar-refractivity contribution in [3.63, 3.8) is 0 Å². The minimum Gasteiger partial charge on any atom is -0.496 e. The molecule has 2 rings (SSSR count). The van der Waals surface area contributed by atoms with E-state index >= 15 is 0 Å². The van der Waals surface area contributed by atoms with Gasteiger partial charge in [0.25, 0.3) is 0 Å². The van der Waals surface area contributed by atoms with Gasteiger partial charge in [-0.3, -0.25) is 4.79 Å². The van der Waals surface area contributed by atoms with Gasteiger partial charge in [-0.2, -0.15) is 0 Å².